The van der Waals surface area contributed by atoms with E-state index in [-0.39, 0.29) is 6.04 Å². The Kier molecular flexibility index (Phi) is 8.73. The minimum absolute atomic E-state index is 0.267. The fraction of sp³-hybridized carbons (Fsp3) is 0.600. The molecule has 0 saturated carbocycles. The monoisotopic (exact) mass is 236 g/mol. The molecule has 0 heterocycles. The zero-order valence-electron chi connectivity index (χ0n) is 12.0. The molecule has 2 unspecified atom stereocenters. The molecule has 2 atom stereocenters. The van der Waals surface area contributed by atoms with Crippen molar-refractivity contribution in [3.8, 4) is 0 Å². The van der Waals surface area contributed by atoms with Crippen molar-refractivity contribution in [3.05, 3.63) is 35.9 Å². The molecule has 0 amide bonds. The normalized spacial score (nSPS) is 13.8. The highest BCUT2D eigenvalue weighted by atomic mass is 15.1. The van der Waals surface area contributed by atoms with E-state index in [0.717, 1.165) is 13.1 Å². The van der Waals surface area contributed by atoms with E-state index in [0.29, 0.717) is 5.92 Å². The Hall–Kier alpha value is -0.860. The summed E-state index contributed by atoms with van der Waals surface area (Å²) in [4.78, 5) is 2.32. The second kappa shape index (κ2) is 9.20. The molecule has 0 bridgehead atoms. The van der Waals surface area contributed by atoms with Crippen LogP contribution in [0.3, 0.4) is 0 Å². The van der Waals surface area contributed by atoms with Gasteiger partial charge in [-0.15, -0.1) is 0 Å². The molecule has 1 aromatic carbocycles. The minimum atomic E-state index is 0.267. The van der Waals surface area contributed by atoms with Crippen molar-refractivity contribution in [2.75, 3.05) is 13.6 Å². The van der Waals surface area contributed by atoms with Crippen LogP contribution in [-0.2, 0) is 6.54 Å². The molecule has 2 heteroatoms. The predicted octanol–water partition coefficient (Wildman–Crippen LogP) is 3.13. The van der Waals surface area contributed by atoms with E-state index in [1.54, 1.807) is 0 Å². The first kappa shape index (κ1) is 16.1. The molecule has 0 aliphatic heterocycles. The zero-order chi connectivity index (χ0) is 13.3. The molecule has 17 heavy (non-hydrogen) atoms. The van der Waals surface area contributed by atoms with Crippen molar-refractivity contribution < 1.29 is 0 Å². The van der Waals surface area contributed by atoms with E-state index in [9.17, 15) is 0 Å². The van der Waals surface area contributed by atoms with Gasteiger partial charge in [-0.25, -0.2) is 0 Å². The summed E-state index contributed by atoms with van der Waals surface area (Å²) in [7, 11) is 2.14. The van der Waals surface area contributed by atoms with Crippen LogP contribution in [0.4, 0.5) is 0 Å². The second-order valence-electron chi connectivity index (χ2n) is 4.52. The average Bonchev–Trinajstić information content (AvgIpc) is 2.32. The van der Waals surface area contributed by atoms with Crippen LogP contribution in [0.5, 0.6) is 0 Å². The van der Waals surface area contributed by atoms with Gasteiger partial charge in [-0.3, -0.25) is 0 Å². The molecule has 2 nitrogen and oxygen atoms in total. The van der Waals surface area contributed by atoms with Gasteiger partial charge < -0.3 is 10.6 Å². The lowest BCUT2D eigenvalue weighted by Crippen LogP contribution is -2.34. The minimum Gasteiger partial charge on any atom is -0.328 e. The number of nitrogens with two attached hydrogens (primary N) is 1. The first-order valence-electron chi connectivity index (χ1n) is 6.57. The third-order valence-corrected chi connectivity index (χ3v) is 2.79. The van der Waals surface area contributed by atoms with Crippen LogP contribution in [0.25, 0.3) is 0 Å². The van der Waals surface area contributed by atoms with Gasteiger partial charge in [-0.05, 0) is 25.5 Å². The summed E-state index contributed by atoms with van der Waals surface area (Å²) in [6, 6.07) is 10.8. The molecule has 98 valence electrons. The van der Waals surface area contributed by atoms with Gasteiger partial charge in [-0.2, -0.15) is 0 Å². The van der Waals surface area contributed by atoms with Crippen molar-refractivity contribution in [1.29, 1.82) is 0 Å². The van der Waals surface area contributed by atoms with Gasteiger partial charge in [0.25, 0.3) is 0 Å². The Bertz CT molecular complexity index is 270. The first-order chi connectivity index (χ1) is 8.09. The van der Waals surface area contributed by atoms with Crippen LogP contribution >= 0.6 is 0 Å². The van der Waals surface area contributed by atoms with Crippen molar-refractivity contribution >= 4 is 0 Å². The van der Waals surface area contributed by atoms with E-state index >= 15 is 0 Å². The van der Waals surface area contributed by atoms with E-state index in [1.165, 1.54) is 5.56 Å². The standard InChI is InChI=1S/C13H22N2.C2H6/c1-11(12(2)14)9-15(3)10-13-7-5-4-6-8-13;1-2/h4-8,11-12H,9-10,14H2,1-3H3;1-2H3. The van der Waals surface area contributed by atoms with E-state index in [4.69, 9.17) is 5.73 Å². The van der Waals surface area contributed by atoms with Crippen LogP contribution < -0.4 is 5.73 Å². The molecule has 0 aliphatic carbocycles. The Balaban J connectivity index is 0.00000121. The summed E-state index contributed by atoms with van der Waals surface area (Å²) >= 11 is 0. The van der Waals surface area contributed by atoms with Crippen LogP contribution in [0.15, 0.2) is 30.3 Å². The van der Waals surface area contributed by atoms with Crippen molar-refractivity contribution in [2.24, 2.45) is 11.7 Å². The number of nitrogens with zero attached hydrogens (tertiary/aromatic N) is 1. The van der Waals surface area contributed by atoms with Gasteiger partial charge in [0.1, 0.15) is 0 Å². The third-order valence-electron chi connectivity index (χ3n) is 2.79. The molecular formula is C15H28N2. The van der Waals surface area contributed by atoms with Crippen LogP contribution in [0.1, 0.15) is 33.3 Å². The third kappa shape index (κ3) is 7.14. The average molecular weight is 236 g/mol. The summed E-state index contributed by atoms with van der Waals surface area (Å²) in [5.74, 6) is 0.540. The summed E-state index contributed by atoms with van der Waals surface area (Å²) in [6.45, 7) is 10.3. The largest absolute Gasteiger partial charge is 0.328 e. The highest BCUT2D eigenvalue weighted by Crippen LogP contribution is 2.07. The van der Waals surface area contributed by atoms with Crippen molar-refractivity contribution in [3.63, 3.8) is 0 Å². The molecule has 0 aromatic heterocycles. The second-order valence-corrected chi connectivity index (χ2v) is 4.52. The van der Waals surface area contributed by atoms with Gasteiger partial charge in [0.2, 0.25) is 0 Å². The number of benzene rings is 1. The molecule has 0 fully saturated rings. The Morgan fingerprint density at radius 2 is 1.65 bits per heavy atom. The highest BCUT2D eigenvalue weighted by Gasteiger charge is 2.10. The number of hydrogen-bond donors (Lipinski definition) is 1. The van der Waals surface area contributed by atoms with Gasteiger partial charge >= 0.3 is 0 Å². The van der Waals surface area contributed by atoms with Crippen LogP contribution in [0.2, 0.25) is 0 Å². The van der Waals surface area contributed by atoms with Crippen molar-refractivity contribution in [1.82, 2.24) is 4.90 Å². The molecule has 0 aliphatic rings. The molecule has 1 aromatic rings. The molecule has 0 saturated heterocycles. The topological polar surface area (TPSA) is 29.3 Å². The first-order valence-corrected chi connectivity index (χ1v) is 6.57. The fourth-order valence-electron chi connectivity index (χ4n) is 1.62. The lowest BCUT2D eigenvalue weighted by atomic mass is 10.0. The van der Waals surface area contributed by atoms with Gasteiger partial charge in [0, 0.05) is 19.1 Å². The predicted molar refractivity (Wildman–Crippen MR) is 76.9 cm³/mol. The number of hydrogen-bond acceptors (Lipinski definition) is 2. The van der Waals surface area contributed by atoms with E-state index in [1.807, 2.05) is 19.9 Å². The lowest BCUT2D eigenvalue weighted by molar-refractivity contribution is 0.262. The molecule has 0 radical (unpaired) electrons. The molecule has 2 N–H and O–H groups in total. The maximum absolute atomic E-state index is 5.85. The van der Waals surface area contributed by atoms with Gasteiger partial charge in [0.15, 0.2) is 0 Å². The summed E-state index contributed by atoms with van der Waals surface area (Å²) in [6.07, 6.45) is 0. The smallest absolute Gasteiger partial charge is 0.0230 e. The maximum atomic E-state index is 5.85. The van der Waals surface area contributed by atoms with Gasteiger partial charge in [-0.1, -0.05) is 51.1 Å². The van der Waals surface area contributed by atoms with E-state index < -0.39 is 0 Å². The highest BCUT2D eigenvalue weighted by molar-refractivity contribution is 5.14. The Morgan fingerprint density at radius 1 is 1.12 bits per heavy atom. The summed E-state index contributed by atoms with van der Waals surface area (Å²) in [5, 5.41) is 0. The van der Waals surface area contributed by atoms with Crippen molar-refractivity contribution in [2.45, 2.75) is 40.3 Å². The van der Waals surface area contributed by atoms with Gasteiger partial charge in [0.05, 0.1) is 0 Å². The summed E-state index contributed by atoms with van der Waals surface area (Å²) in [5.41, 5.74) is 7.21. The number of rotatable bonds is 5. The van der Waals surface area contributed by atoms with Crippen LogP contribution in [0, 0.1) is 5.92 Å². The lowest BCUT2D eigenvalue weighted by Gasteiger charge is -2.23. The SMILES string of the molecule is CC.CC(N)C(C)CN(C)Cc1ccccc1. The maximum Gasteiger partial charge on any atom is 0.0230 e. The quantitative estimate of drug-likeness (QED) is 0.851. The molecule has 1 rings (SSSR count). The van der Waals surface area contributed by atoms with E-state index in [2.05, 4.69) is 50.1 Å². The molecule has 0 spiro atoms. The fourth-order valence-corrected chi connectivity index (χ4v) is 1.62. The molecular weight excluding hydrogens is 208 g/mol. The zero-order valence-corrected chi connectivity index (χ0v) is 12.0. The summed E-state index contributed by atoms with van der Waals surface area (Å²) < 4.78 is 0. The Labute approximate surface area is 107 Å². The Morgan fingerprint density at radius 3 is 2.12 bits per heavy atom. The van der Waals surface area contributed by atoms with Crippen LogP contribution in [-0.4, -0.2) is 24.5 Å².